The predicted octanol–water partition coefficient (Wildman–Crippen LogP) is 4.71. The summed E-state index contributed by atoms with van der Waals surface area (Å²) in [6, 6.07) is 4.64. The number of benzene rings is 1. The summed E-state index contributed by atoms with van der Waals surface area (Å²) in [5.41, 5.74) is 7.95. The van der Waals surface area contributed by atoms with Gasteiger partial charge in [0.1, 0.15) is 23.2 Å². The van der Waals surface area contributed by atoms with Gasteiger partial charge in [0.15, 0.2) is 0 Å². The van der Waals surface area contributed by atoms with E-state index in [0.29, 0.717) is 16.2 Å². The van der Waals surface area contributed by atoms with Crippen molar-refractivity contribution in [3.63, 3.8) is 0 Å². The molecule has 1 heterocycles. The van der Waals surface area contributed by atoms with Gasteiger partial charge in [0.05, 0.1) is 0 Å². The van der Waals surface area contributed by atoms with E-state index in [-0.39, 0.29) is 5.82 Å². The minimum absolute atomic E-state index is 0.267. The molecule has 1 saturated carbocycles. The zero-order valence-corrected chi connectivity index (χ0v) is 13.7. The third-order valence-electron chi connectivity index (χ3n) is 3.90. The maximum absolute atomic E-state index is 13.3. The van der Waals surface area contributed by atoms with Crippen LogP contribution in [0.1, 0.15) is 44.3 Å². The number of hydrogen-bond acceptors (Lipinski definition) is 2. The number of nitrogens with zero attached hydrogens (tertiary/aromatic N) is 2. The average molecular weight is 352 g/mol. The first kappa shape index (κ1) is 14.6. The van der Waals surface area contributed by atoms with Gasteiger partial charge in [-0.2, -0.15) is 0 Å². The summed E-state index contributed by atoms with van der Waals surface area (Å²) in [6.45, 7) is 3.07. The molecule has 0 atom stereocenters. The summed E-state index contributed by atoms with van der Waals surface area (Å²) in [4.78, 5) is 4.77. The standard InChI is InChI=1S/C16H19BrFN3/c1-2-3-8-21-15(19)14(20-16(21)10-4-5-10)12-7-6-11(18)9-13(12)17/h6-7,9-10H,2-5,8,19H2,1H3. The molecule has 0 bridgehead atoms. The summed E-state index contributed by atoms with van der Waals surface area (Å²) >= 11 is 3.41. The number of hydrogen-bond donors (Lipinski definition) is 1. The normalized spacial score (nSPS) is 14.6. The minimum Gasteiger partial charge on any atom is -0.383 e. The molecule has 0 saturated heterocycles. The first-order chi connectivity index (χ1) is 10.1. The van der Waals surface area contributed by atoms with Crippen LogP contribution in [0.2, 0.25) is 0 Å². The molecule has 1 aliphatic carbocycles. The van der Waals surface area contributed by atoms with Crippen molar-refractivity contribution in [2.45, 2.75) is 45.1 Å². The van der Waals surface area contributed by atoms with Gasteiger partial charge in [-0.15, -0.1) is 0 Å². The third-order valence-corrected chi connectivity index (χ3v) is 4.56. The molecule has 21 heavy (non-hydrogen) atoms. The van der Waals surface area contributed by atoms with E-state index in [0.717, 1.165) is 36.5 Å². The Labute approximate surface area is 132 Å². The van der Waals surface area contributed by atoms with Crippen LogP contribution in [0.4, 0.5) is 10.2 Å². The van der Waals surface area contributed by atoms with Crippen LogP contribution in [-0.2, 0) is 6.54 Å². The van der Waals surface area contributed by atoms with Crippen LogP contribution in [0.15, 0.2) is 22.7 Å². The van der Waals surface area contributed by atoms with Crippen LogP contribution in [0.25, 0.3) is 11.3 Å². The molecular weight excluding hydrogens is 333 g/mol. The highest BCUT2D eigenvalue weighted by Gasteiger charge is 2.31. The Bertz CT molecular complexity index is 662. The summed E-state index contributed by atoms with van der Waals surface area (Å²) in [5.74, 6) is 2.05. The molecule has 0 aliphatic heterocycles. The van der Waals surface area contributed by atoms with Crippen LogP contribution in [-0.4, -0.2) is 9.55 Å². The number of aromatic nitrogens is 2. The van der Waals surface area contributed by atoms with Crippen molar-refractivity contribution >= 4 is 21.7 Å². The Balaban J connectivity index is 2.06. The third kappa shape index (κ3) is 2.84. The zero-order chi connectivity index (χ0) is 15.0. The molecule has 1 aromatic heterocycles. The number of nitrogen functional groups attached to an aromatic ring is 1. The second-order valence-electron chi connectivity index (χ2n) is 5.61. The van der Waals surface area contributed by atoms with Gasteiger partial charge in [-0.25, -0.2) is 9.37 Å². The number of anilines is 1. The number of imidazole rings is 1. The molecule has 0 spiro atoms. The molecule has 0 unspecified atom stereocenters. The van der Waals surface area contributed by atoms with Gasteiger partial charge in [-0.3, -0.25) is 0 Å². The number of unbranched alkanes of at least 4 members (excludes halogenated alkanes) is 1. The quantitative estimate of drug-likeness (QED) is 0.847. The van der Waals surface area contributed by atoms with E-state index < -0.39 is 0 Å². The van der Waals surface area contributed by atoms with Gasteiger partial charge in [-0.1, -0.05) is 13.3 Å². The van der Waals surface area contributed by atoms with Gasteiger partial charge >= 0.3 is 0 Å². The van der Waals surface area contributed by atoms with Gasteiger partial charge < -0.3 is 10.3 Å². The molecule has 1 aliphatic rings. The highest BCUT2D eigenvalue weighted by molar-refractivity contribution is 9.10. The summed E-state index contributed by atoms with van der Waals surface area (Å²) in [7, 11) is 0. The molecule has 1 fully saturated rings. The van der Waals surface area contributed by atoms with Gasteiger partial charge in [0, 0.05) is 22.5 Å². The molecule has 112 valence electrons. The average Bonchev–Trinajstić information content (AvgIpc) is 3.23. The molecule has 5 heteroatoms. The van der Waals surface area contributed by atoms with Crippen molar-refractivity contribution in [2.75, 3.05) is 5.73 Å². The van der Waals surface area contributed by atoms with Crippen molar-refractivity contribution in [3.8, 4) is 11.3 Å². The fraction of sp³-hybridized carbons (Fsp3) is 0.438. The maximum Gasteiger partial charge on any atom is 0.131 e. The lowest BCUT2D eigenvalue weighted by Crippen LogP contribution is -2.06. The molecule has 2 aromatic rings. The lowest BCUT2D eigenvalue weighted by Gasteiger charge is -2.08. The molecule has 1 aromatic carbocycles. The number of nitrogens with two attached hydrogens (primary N) is 1. The molecular formula is C16H19BrFN3. The number of halogens is 2. The summed E-state index contributed by atoms with van der Waals surface area (Å²) in [6.07, 6.45) is 4.58. The summed E-state index contributed by atoms with van der Waals surface area (Å²) < 4.78 is 16.1. The first-order valence-electron chi connectivity index (χ1n) is 7.43. The van der Waals surface area contributed by atoms with E-state index in [1.807, 2.05) is 0 Å². The first-order valence-corrected chi connectivity index (χ1v) is 8.22. The molecule has 0 radical (unpaired) electrons. The van der Waals surface area contributed by atoms with E-state index in [1.165, 1.54) is 25.0 Å². The van der Waals surface area contributed by atoms with Gasteiger partial charge in [0.25, 0.3) is 0 Å². The van der Waals surface area contributed by atoms with Crippen LogP contribution >= 0.6 is 15.9 Å². The topological polar surface area (TPSA) is 43.8 Å². The maximum atomic E-state index is 13.3. The van der Waals surface area contributed by atoms with E-state index in [9.17, 15) is 4.39 Å². The highest BCUT2D eigenvalue weighted by Crippen LogP contribution is 2.43. The molecule has 3 nitrogen and oxygen atoms in total. The van der Waals surface area contributed by atoms with E-state index >= 15 is 0 Å². The van der Waals surface area contributed by atoms with Crippen LogP contribution < -0.4 is 5.73 Å². The Morgan fingerprint density at radius 3 is 2.81 bits per heavy atom. The van der Waals surface area contributed by atoms with Crippen molar-refractivity contribution in [3.05, 3.63) is 34.3 Å². The van der Waals surface area contributed by atoms with Crippen LogP contribution in [0.5, 0.6) is 0 Å². The second kappa shape index (κ2) is 5.79. The lowest BCUT2D eigenvalue weighted by atomic mass is 10.1. The van der Waals surface area contributed by atoms with Crippen molar-refractivity contribution in [1.29, 1.82) is 0 Å². The fourth-order valence-electron chi connectivity index (χ4n) is 2.57. The van der Waals surface area contributed by atoms with E-state index in [2.05, 4.69) is 27.4 Å². The second-order valence-corrected chi connectivity index (χ2v) is 6.46. The van der Waals surface area contributed by atoms with Gasteiger partial charge in [-0.05, 0) is 53.4 Å². The monoisotopic (exact) mass is 351 g/mol. The molecule has 0 amide bonds. The van der Waals surface area contributed by atoms with E-state index in [1.54, 1.807) is 6.07 Å². The highest BCUT2D eigenvalue weighted by atomic mass is 79.9. The molecule has 3 rings (SSSR count). The Morgan fingerprint density at radius 1 is 1.43 bits per heavy atom. The smallest absolute Gasteiger partial charge is 0.131 e. The van der Waals surface area contributed by atoms with Crippen molar-refractivity contribution in [2.24, 2.45) is 0 Å². The minimum atomic E-state index is -0.267. The lowest BCUT2D eigenvalue weighted by molar-refractivity contribution is 0.609. The Kier molecular flexibility index (Phi) is 4.02. The predicted molar refractivity (Wildman–Crippen MR) is 86.6 cm³/mol. The van der Waals surface area contributed by atoms with Gasteiger partial charge in [0.2, 0.25) is 0 Å². The number of rotatable bonds is 5. The Morgan fingerprint density at radius 2 is 2.19 bits per heavy atom. The Hall–Kier alpha value is -1.36. The zero-order valence-electron chi connectivity index (χ0n) is 12.1. The van der Waals surface area contributed by atoms with Crippen molar-refractivity contribution < 1.29 is 4.39 Å². The van der Waals surface area contributed by atoms with Crippen LogP contribution in [0, 0.1) is 5.82 Å². The molecule has 2 N–H and O–H groups in total. The fourth-order valence-corrected chi connectivity index (χ4v) is 3.11. The van der Waals surface area contributed by atoms with E-state index in [4.69, 9.17) is 10.7 Å². The van der Waals surface area contributed by atoms with Crippen molar-refractivity contribution in [1.82, 2.24) is 9.55 Å². The van der Waals surface area contributed by atoms with Crippen LogP contribution in [0.3, 0.4) is 0 Å². The summed E-state index contributed by atoms with van der Waals surface area (Å²) in [5, 5.41) is 0. The largest absolute Gasteiger partial charge is 0.383 e. The SMILES string of the molecule is CCCCn1c(C2CC2)nc(-c2ccc(F)cc2Br)c1N.